The molecule has 8 unspecified atom stereocenters. The number of carbonyl (C=O) groups is 4. The van der Waals surface area contributed by atoms with Crippen LogP contribution in [0.2, 0.25) is 0 Å². The Hall–Kier alpha value is -2.78. The number of carbonyl (C=O) groups excluding carboxylic acids is 4. The quantitative estimate of drug-likeness (QED) is 0.111. The van der Waals surface area contributed by atoms with Crippen LogP contribution in [0.4, 0.5) is 0 Å². The summed E-state index contributed by atoms with van der Waals surface area (Å²) in [5.41, 5.74) is 1.71. The molecule has 0 spiro atoms. The lowest BCUT2D eigenvalue weighted by atomic mass is 9.82. The largest absolute Gasteiger partial charge is 0.456 e. The second-order valence-corrected chi connectivity index (χ2v) is 17.4. The van der Waals surface area contributed by atoms with Crippen LogP contribution in [0.25, 0.3) is 0 Å². The second-order valence-electron chi connectivity index (χ2n) is 17.4. The van der Waals surface area contributed by atoms with Gasteiger partial charge in [-0.3, -0.25) is 14.4 Å². The summed E-state index contributed by atoms with van der Waals surface area (Å²) in [4.78, 5) is 57.8. The molecule has 0 aromatic heterocycles. The van der Waals surface area contributed by atoms with Crippen molar-refractivity contribution in [2.75, 3.05) is 27.9 Å². The number of fused-ring (bicyclic) bond motifs is 3. The van der Waals surface area contributed by atoms with Gasteiger partial charge in [0, 0.05) is 52.0 Å². The van der Waals surface area contributed by atoms with Crippen molar-refractivity contribution in [1.82, 2.24) is 4.90 Å². The zero-order chi connectivity index (χ0) is 44.0. The zero-order valence-corrected chi connectivity index (χ0v) is 37.0. The predicted molar refractivity (Wildman–Crippen MR) is 224 cm³/mol. The van der Waals surface area contributed by atoms with Gasteiger partial charge in [-0.05, 0) is 108 Å². The Kier molecular flexibility index (Phi) is 20.6. The fourth-order valence-electron chi connectivity index (χ4n) is 9.50. The average Bonchev–Trinajstić information content (AvgIpc) is 3.41. The molecule has 4 aliphatic rings. The maximum absolute atomic E-state index is 14.3. The smallest absolute Gasteiger partial charge is 0.329 e. The third-order valence-corrected chi connectivity index (χ3v) is 13.3. The van der Waals surface area contributed by atoms with Crippen LogP contribution in [-0.2, 0) is 38.1 Å². The van der Waals surface area contributed by atoms with Gasteiger partial charge in [-0.15, -0.1) is 6.58 Å². The van der Waals surface area contributed by atoms with Crippen molar-refractivity contribution < 1.29 is 58.6 Å². The first kappa shape index (κ1) is 50.6. The lowest BCUT2D eigenvalue weighted by molar-refractivity contribution is -0.287. The third kappa shape index (κ3) is 13.1. The molecule has 13 nitrogen and oxygen atoms in total. The standard InChI is InChI=1S/C45H71NO11.CH4O/c1-9-13-33-23-27(3)22-31(10-2)16-20-39-40(55-8)25-29(5)45(53,57-39)42(50)43(51)46-21-12-11-14-34(46)44(52)56-41(30(6)36(48)26-37(33)49)28(4)24-32-15-18-35(47)38(54-7)19-17-32;1-2/h9,23-24,29-36,38-41,47-48,53H,1,10-22,25-26H2,2-8H3;2H,1H3/b27-23+,28-24+;/t29?,30-,31?,32-,33-,34?,35?,36?,38-,39?,40?,41-,45?;/m1./s1. The molecule has 0 aromatic carbocycles. The van der Waals surface area contributed by atoms with Gasteiger partial charge in [-0.25, -0.2) is 4.79 Å². The van der Waals surface area contributed by atoms with Crippen molar-refractivity contribution in [2.24, 2.45) is 29.6 Å². The summed E-state index contributed by atoms with van der Waals surface area (Å²) in [6, 6.07) is -1.11. The Morgan fingerprint density at radius 2 is 1.63 bits per heavy atom. The molecule has 2 bridgehead atoms. The number of methoxy groups -OCH3 is 2. The molecule has 4 rings (SSSR count). The molecule has 1 saturated carbocycles. The molecule has 0 radical (unpaired) electrons. The van der Waals surface area contributed by atoms with Crippen molar-refractivity contribution >= 4 is 23.4 Å². The Labute approximate surface area is 352 Å². The Balaban J connectivity index is 0.00000458. The summed E-state index contributed by atoms with van der Waals surface area (Å²) >= 11 is 0. The summed E-state index contributed by atoms with van der Waals surface area (Å²) < 4.78 is 23.8. The SMILES string of the molecule is C=CC[C@@H]1/C=C(\C)CC(CC)CCC2OC(O)(C(=O)C(=O)N3CCCCC3C(=O)O[C@H](/C(C)=C/[C@@H]3CCC(O)[C@H](OC)CC3)[C@H](C)C(O)CC1=O)C(C)CC2OC.CO. The molecule has 13 atom stereocenters. The maximum Gasteiger partial charge on any atom is 0.329 e. The third-order valence-electron chi connectivity index (χ3n) is 13.3. The van der Waals surface area contributed by atoms with Crippen molar-refractivity contribution in [1.29, 1.82) is 0 Å². The van der Waals surface area contributed by atoms with Crippen LogP contribution in [0, 0.1) is 29.6 Å². The number of aliphatic hydroxyl groups excluding tert-OH is 3. The number of piperidine rings is 1. The molecular formula is C46H75NO12. The first-order valence-corrected chi connectivity index (χ1v) is 21.9. The van der Waals surface area contributed by atoms with Gasteiger partial charge in [0.2, 0.25) is 5.79 Å². The van der Waals surface area contributed by atoms with Crippen LogP contribution in [-0.4, -0.2) is 125 Å². The van der Waals surface area contributed by atoms with Crippen molar-refractivity contribution in [2.45, 2.75) is 173 Å². The number of aliphatic hydroxyl groups is 4. The summed E-state index contributed by atoms with van der Waals surface area (Å²) in [6.07, 6.45) is 8.92. The topological polar surface area (TPSA) is 189 Å². The number of amides is 1. The lowest BCUT2D eigenvalue weighted by Gasteiger charge is -2.45. The summed E-state index contributed by atoms with van der Waals surface area (Å²) in [6.45, 7) is 13.4. The van der Waals surface area contributed by atoms with Crippen LogP contribution in [0.15, 0.2) is 36.0 Å². The van der Waals surface area contributed by atoms with Crippen LogP contribution in [0.3, 0.4) is 0 Å². The highest BCUT2D eigenvalue weighted by Gasteiger charge is 2.55. The minimum absolute atomic E-state index is 0.0387. The van der Waals surface area contributed by atoms with Gasteiger partial charge in [-0.1, -0.05) is 51.0 Å². The highest BCUT2D eigenvalue weighted by molar-refractivity contribution is 6.39. The van der Waals surface area contributed by atoms with Crippen LogP contribution in [0.5, 0.6) is 0 Å². The molecule has 4 N–H and O–H groups in total. The molecule has 1 amide bonds. The van der Waals surface area contributed by atoms with E-state index in [4.69, 9.17) is 24.1 Å². The highest BCUT2D eigenvalue weighted by Crippen LogP contribution is 2.39. The van der Waals surface area contributed by atoms with Crippen LogP contribution in [0.1, 0.15) is 125 Å². The number of rotatable bonds is 7. The lowest BCUT2D eigenvalue weighted by Crippen LogP contribution is -2.62. The van der Waals surface area contributed by atoms with Gasteiger partial charge in [0.05, 0.1) is 30.5 Å². The molecule has 3 aliphatic heterocycles. The second kappa shape index (κ2) is 24.0. The molecule has 1 aliphatic carbocycles. The Bertz CT molecular complexity index is 1460. The number of hydrogen-bond donors (Lipinski definition) is 4. The monoisotopic (exact) mass is 834 g/mol. The van der Waals surface area contributed by atoms with Gasteiger partial charge in [-0.2, -0.15) is 0 Å². The van der Waals surface area contributed by atoms with E-state index in [9.17, 15) is 34.5 Å². The number of cyclic esters (lactones) is 1. The average molecular weight is 834 g/mol. The van der Waals surface area contributed by atoms with Gasteiger partial charge < -0.3 is 44.3 Å². The minimum Gasteiger partial charge on any atom is -0.456 e. The van der Waals surface area contributed by atoms with E-state index in [1.165, 1.54) is 4.90 Å². The molecule has 3 heterocycles. The Morgan fingerprint density at radius 3 is 2.27 bits per heavy atom. The van der Waals surface area contributed by atoms with Crippen LogP contribution >= 0.6 is 0 Å². The molecule has 3 fully saturated rings. The molecular weight excluding hydrogens is 759 g/mol. The minimum atomic E-state index is -2.41. The van der Waals surface area contributed by atoms with E-state index in [-0.39, 0.29) is 43.1 Å². The summed E-state index contributed by atoms with van der Waals surface area (Å²) in [5, 5.41) is 41.3. The van der Waals surface area contributed by atoms with Gasteiger partial charge in [0.1, 0.15) is 17.9 Å². The van der Waals surface area contributed by atoms with E-state index in [2.05, 4.69) is 13.5 Å². The van der Waals surface area contributed by atoms with Gasteiger partial charge in [0.15, 0.2) is 0 Å². The van der Waals surface area contributed by atoms with E-state index in [1.807, 2.05) is 26.0 Å². The van der Waals surface area contributed by atoms with E-state index >= 15 is 0 Å². The maximum atomic E-state index is 14.3. The van der Waals surface area contributed by atoms with Crippen molar-refractivity contribution in [3.05, 3.63) is 36.0 Å². The van der Waals surface area contributed by atoms with Crippen molar-refractivity contribution in [3.8, 4) is 0 Å². The number of ether oxygens (including phenoxy) is 4. The molecule has 336 valence electrons. The Morgan fingerprint density at radius 1 is 0.949 bits per heavy atom. The first-order chi connectivity index (χ1) is 28.1. The number of hydrogen-bond acceptors (Lipinski definition) is 12. The van der Waals surface area contributed by atoms with Gasteiger partial charge >= 0.3 is 5.97 Å². The van der Waals surface area contributed by atoms with E-state index in [1.54, 1.807) is 34.1 Å². The van der Waals surface area contributed by atoms with E-state index in [0.29, 0.717) is 69.8 Å². The molecule has 59 heavy (non-hydrogen) atoms. The normalized spacial score (nSPS) is 38.6. The molecule has 2 saturated heterocycles. The number of ketones is 2. The predicted octanol–water partition coefficient (Wildman–Crippen LogP) is 5.40. The number of nitrogens with zero attached hydrogens (tertiary/aromatic N) is 1. The fraction of sp³-hybridized carbons (Fsp3) is 0.783. The molecule has 13 heteroatoms. The highest BCUT2D eigenvalue weighted by atomic mass is 16.7. The molecule has 0 aromatic rings. The van der Waals surface area contributed by atoms with Crippen LogP contribution < -0.4 is 0 Å². The van der Waals surface area contributed by atoms with E-state index < -0.39 is 77.8 Å². The number of allylic oxidation sites excluding steroid dienone is 4. The fourth-order valence-corrected chi connectivity index (χ4v) is 9.50. The number of esters is 1. The summed E-state index contributed by atoms with van der Waals surface area (Å²) in [5.74, 6) is -7.13. The van der Waals surface area contributed by atoms with Gasteiger partial charge in [0.25, 0.3) is 11.7 Å². The van der Waals surface area contributed by atoms with Crippen molar-refractivity contribution in [3.63, 3.8) is 0 Å². The van der Waals surface area contributed by atoms with E-state index in [0.717, 1.165) is 25.5 Å². The first-order valence-electron chi connectivity index (χ1n) is 21.9. The zero-order valence-electron chi connectivity index (χ0n) is 37.0. The summed E-state index contributed by atoms with van der Waals surface area (Å²) in [7, 11) is 4.16. The number of Topliss-reactive ketones (excluding diaryl/α,β-unsaturated/α-hetero) is 2.